The van der Waals surface area contributed by atoms with Gasteiger partial charge in [-0.25, -0.2) is 0 Å². The number of benzene rings is 1. The van der Waals surface area contributed by atoms with Crippen LogP contribution in [0.25, 0.3) is 0 Å². The molecular formula is C20H28IN5O3. The predicted octanol–water partition coefficient (Wildman–Crippen LogP) is 1.92. The number of amides is 1. The third kappa shape index (κ3) is 6.55. The number of rotatable bonds is 6. The Morgan fingerprint density at radius 1 is 1.17 bits per heavy atom. The van der Waals surface area contributed by atoms with E-state index >= 15 is 0 Å². The Bertz CT molecular complexity index is 789. The van der Waals surface area contributed by atoms with Crippen LogP contribution >= 0.6 is 24.0 Å². The summed E-state index contributed by atoms with van der Waals surface area (Å²) in [5, 5.41) is 5.95. The molecule has 0 radical (unpaired) electrons. The van der Waals surface area contributed by atoms with E-state index in [1.165, 1.54) is 0 Å². The smallest absolute Gasteiger partial charge is 0.239 e. The molecule has 29 heavy (non-hydrogen) atoms. The first-order valence-electron chi connectivity index (χ1n) is 9.33. The number of furan rings is 1. The number of hydrogen-bond donors (Lipinski definition) is 2. The normalized spacial score (nSPS) is 14.2. The fourth-order valence-corrected chi connectivity index (χ4v) is 3.14. The third-order valence-electron chi connectivity index (χ3n) is 4.66. The molecule has 158 valence electrons. The zero-order chi connectivity index (χ0) is 19.8. The highest BCUT2D eigenvalue weighted by atomic mass is 127. The van der Waals surface area contributed by atoms with Crippen LogP contribution in [0.5, 0.6) is 5.75 Å². The molecule has 1 saturated heterocycles. The number of hydrogen-bond acceptors (Lipinski definition) is 5. The Morgan fingerprint density at radius 3 is 2.62 bits per heavy atom. The van der Waals surface area contributed by atoms with E-state index in [4.69, 9.17) is 9.15 Å². The van der Waals surface area contributed by atoms with Crippen molar-refractivity contribution in [2.24, 2.45) is 4.99 Å². The van der Waals surface area contributed by atoms with Crippen LogP contribution in [0, 0.1) is 0 Å². The maximum atomic E-state index is 12.0. The summed E-state index contributed by atoms with van der Waals surface area (Å²) in [4.78, 5) is 20.8. The van der Waals surface area contributed by atoms with Crippen molar-refractivity contribution in [1.82, 2.24) is 15.5 Å². The van der Waals surface area contributed by atoms with E-state index < -0.39 is 0 Å². The van der Waals surface area contributed by atoms with Crippen LogP contribution in [0.4, 0.5) is 5.69 Å². The molecule has 8 nitrogen and oxygen atoms in total. The van der Waals surface area contributed by atoms with Gasteiger partial charge in [0.1, 0.15) is 11.5 Å². The molecule has 1 aromatic heterocycles. The van der Waals surface area contributed by atoms with Crippen LogP contribution in [-0.2, 0) is 11.3 Å². The van der Waals surface area contributed by atoms with Gasteiger partial charge < -0.3 is 29.6 Å². The van der Waals surface area contributed by atoms with Gasteiger partial charge in [0.05, 0.1) is 26.5 Å². The number of carbonyl (C=O) groups excluding carboxylic acids is 1. The summed E-state index contributed by atoms with van der Waals surface area (Å²) in [5.74, 6) is 2.22. The fourth-order valence-electron chi connectivity index (χ4n) is 3.14. The molecule has 0 saturated carbocycles. The summed E-state index contributed by atoms with van der Waals surface area (Å²) in [7, 11) is 3.41. The molecule has 3 rings (SSSR count). The van der Waals surface area contributed by atoms with Crippen molar-refractivity contribution in [1.29, 1.82) is 0 Å². The molecule has 1 aliphatic heterocycles. The lowest BCUT2D eigenvalue weighted by Crippen LogP contribution is -2.53. The molecular weight excluding hydrogens is 485 g/mol. The molecule has 1 fully saturated rings. The number of methoxy groups -OCH3 is 1. The van der Waals surface area contributed by atoms with E-state index in [-0.39, 0.29) is 36.4 Å². The van der Waals surface area contributed by atoms with Crippen molar-refractivity contribution in [3.63, 3.8) is 0 Å². The molecule has 2 N–H and O–H groups in total. The molecule has 9 heteroatoms. The van der Waals surface area contributed by atoms with Gasteiger partial charge in [0.15, 0.2) is 5.96 Å². The van der Waals surface area contributed by atoms with Gasteiger partial charge in [-0.05, 0) is 24.3 Å². The minimum atomic E-state index is -0.104. The Morgan fingerprint density at radius 2 is 1.97 bits per heavy atom. The van der Waals surface area contributed by atoms with E-state index in [9.17, 15) is 4.79 Å². The van der Waals surface area contributed by atoms with Gasteiger partial charge in [-0.3, -0.25) is 9.79 Å². The molecule has 1 amide bonds. The maximum absolute atomic E-state index is 12.0. The van der Waals surface area contributed by atoms with Crippen molar-refractivity contribution in [2.45, 2.75) is 6.54 Å². The Labute approximate surface area is 188 Å². The number of anilines is 1. The number of nitrogens with zero attached hydrogens (tertiary/aromatic N) is 3. The van der Waals surface area contributed by atoms with Gasteiger partial charge in [-0.1, -0.05) is 6.07 Å². The number of nitrogens with one attached hydrogen (secondary N) is 2. The molecule has 0 unspecified atom stereocenters. The summed E-state index contributed by atoms with van der Waals surface area (Å²) >= 11 is 0. The number of halogens is 1. The van der Waals surface area contributed by atoms with Crippen molar-refractivity contribution in [2.75, 3.05) is 51.8 Å². The highest BCUT2D eigenvalue weighted by molar-refractivity contribution is 14.0. The topological polar surface area (TPSA) is 82.3 Å². The van der Waals surface area contributed by atoms with E-state index in [1.54, 1.807) is 26.5 Å². The third-order valence-corrected chi connectivity index (χ3v) is 4.66. The van der Waals surface area contributed by atoms with Crippen molar-refractivity contribution in [3.05, 3.63) is 48.4 Å². The number of aliphatic imine (C=N–C) groups is 1. The van der Waals surface area contributed by atoms with E-state index in [1.807, 2.05) is 24.3 Å². The van der Waals surface area contributed by atoms with Crippen molar-refractivity contribution >= 4 is 41.5 Å². The monoisotopic (exact) mass is 513 g/mol. The number of carbonyl (C=O) groups is 1. The molecule has 0 bridgehead atoms. The SMILES string of the molecule is CN=C(NCC(=O)NCc1ccco1)N1CCN(c2cccc(OC)c2)CC1.I. The van der Waals surface area contributed by atoms with Crippen LogP contribution < -0.4 is 20.3 Å². The first-order valence-corrected chi connectivity index (χ1v) is 9.33. The lowest BCUT2D eigenvalue weighted by molar-refractivity contribution is -0.120. The summed E-state index contributed by atoms with van der Waals surface area (Å²) < 4.78 is 10.5. The number of ether oxygens (including phenoxy) is 1. The Balaban J connectivity index is 0.00000300. The highest BCUT2D eigenvalue weighted by Crippen LogP contribution is 2.22. The molecule has 1 aromatic carbocycles. The summed E-state index contributed by atoms with van der Waals surface area (Å²) in [6.45, 7) is 3.95. The summed E-state index contributed by atoms with van der Waals surface area (Å²) in [5.41, 5.74) is 1.15. The first-order chi connectivity index (χ1) is 13.7. The van der Waals surface area contributed by atoms with E-state index in [2.05, 4.69) is 31.5 Å². The minimum absolute atomic E-state index is 0. The second kappa shape index (κ2) is 11.5. The average Bonchev–Trinajstić information content (AvgIpc) is 3.27. The summed E-state index contributed by atoms with van der Waals surface area (Å²) in [6, 6.07) is 11.7. The molecule has 0 atom stereocenters. The molecule has 0 spiro atoms. The largest absolute Gasteiger partial charge is 0.497 e. The Hall–Kier alpha value is -2.43. The second-order valence-corrected chi connectivity index (χ2v) is 6.43. The predicted molar refractivity (Wildman–Crippen MR) is 124 cm³/mol. The Kier molecular flexibility index (Phi) is 9.10. The average molecular weight is 513 g/mol. The number of piperazine rings is 1. The zero-order valence-electron chi connectivity index (χ0n) is 16.8. The van der Waals surface area contributed by atoms with Crippen molar-refractivity contribution < 1.29 is 13.9 Å². The van der Waals surface area contributed by atoms with Gasteiger partial charge in [-0.15, -0.1) is 24.0 Å². The van der Waals surface area contributed by atoms with Crippen LogP contribution in [0.3, 0.4) is 0 Å². The van der Waals surface area contributed by atoms with E-state index in [0.29, 0.717) is 6.54 Å². The van der Waals surface area contributed by atoms with E-state index in [0.717, 1.165) is 49.3 Å². The quantitative estimate of drug-likeness (QED) is 0.349. The number of guanidine groups is 1. The van der Waals surface area contributed by atoms with Crippen LogP contribution in [0.15, 0.2) is 52.1 Å². The molecule has 0 aliphatic carbocycles. The second-order valence-electron chi connectivity index (χ2n) is 6.43. The van der Waals surface area contributed by atoms with Crippen molar-refractivity contribution in [3.8, 4) is 5.75 Å². The lowest BCUT2D eigenvalue weighted by Gasteiger charge is -2.37. The first kappa shape index (κ1) is 22.9. The summed E-state index contributed by atoms with van der Waals surface area (Å²) in [6.07, 6.45) is 1.59. The van der Waals surface area contributed by atoms with Gasteiger partial charge >= 0.3 is 0 Å². The highest BCUT2D eigenvalue weighted by Gasteiger charge is 2.20. The van der Waals surface area contributed by atoms with Crippen LogP contribution in [0.1, 0.15) is 5.76 Å². The minimum Gasteiger partial charge on any atom is -0.497 e. The van der Waals surface area contributed by atoms with Crippen LogP contribution in [-0.4, -0.2) is 63.6 Å². The fraction of sp³-hybridized carbons (Fsp3) is 0.400. The molecule has 1 aliphatic rings. The van der Waals surface area contributed by atoms with Gasteiger partial charge in [0, 0.05) is 45.0 Å². The molecule has 2 aromatic rings. The maximum Gasteiger partial charge on any atom is 0.239 e. The van der Waals surface area contributed by atoms with Gasteiger partial charge in [0.2, 0.25) is 5.91 Å². The van der Waals surface area contributed by atoms with Gasteiger partial charge in [0.25, 0.3) is 0 Å². The zero-order valence-corrected chi connectivity index (χ0v) is 19.1. The lowest BCUT2D eigenvalue weighted by atomic mass is 10.2. The standard InChI is InChI=1S/C20H27N5O3.HI/c1-21-20(23-15-19(26)22-14-18-7-4-12-28-18)25-10-8-24(9-11-25)16-5-3-6-17(13-16)27-2;/h3-7,12-13H,8-11,14-15H2,1-2H3,(H,21,23)(H,22,26);1H. The van der Waals surface area contributed by atoms with Gasteiger partial charge in [-0.2, -0.15) is 0 Å². The van der Waals surface area contributed by atoms with Crippen LogP contribution in [0.2, 0.25) is 0 Å². The molecule has 2 heterocycles.